The molecule has 0 amide bonds. The fourth-order valence-corrected chi connectivity index (χ4v) is 1.91. The summed E-state index contributed by atoms with van der Waals surface area (Å²) in [5, 5.41) is 0. The second-order valence-corrected chi connectivity index (χ2v) is 6.14. The quantitative estimate of drug-likeness (QED) is 0.555. The lowest BCUT2D eigenvalue weighted by Crippen LogP contribution is -2.38. The van der Waals surface area contributed by atoms with E-state index in [1.54, 1.807) is 6.21 Å². The molecule has 1 aliphatic heterocycles. The van der Waals surface area contributed by atoms with E-state index in [1.165, 1.54) is 7.11 Å². The van der Waals surface area contributed by atoms with Crippen LogP contribution in [-0.2, 0) is 19.0 Å². The summed E-state index contributed by atoms with van der Waals surface area (Å²) in [5.41, 5.74) is 0.0684. The molecule has 0 aromatic carbocycles. The Balaban J connectivity index is 2.47. The predicted octanol–water partition coefficient (Wildman–Crippen LogP) is 2.43. The van der Waals surface area contributed by atoms with Crippen molar-refractivity contribution in [2.24, 2.45) is 16.3 Å². The molecule has 0 aromatic heterocycles. The van der Waals surface area contributed by atoms with Crippen LogP contribution in [0.1, 0.15) is 40.5 Å². The van der Waals surface area contributed by atoms with Crippen molar-refractivity contribution in [1.82, 2.24) is 0 Å². The topological polar surface area (TPSA) is 57.1 Å². The van der Waals surface area contributed by atoms with E-state index in [0.717, 1.165) is 6.42 Å². The minimum atomic E-state index is -0.440. The summed E-state index contributed by atoms with van der Waals surface area (Å²) in [6, 6.07) is -0.440. The number of carbonyl (C=O) groups excluding carboxylic acids is 1. The molecule has 20 heavy (non-hydrogen) atoms. The van der Waals surface area contributed by atoms with Crippen molar-refractivity contribution < 1.29 is 19.0 Å². The van der Waals surface area contributed by atoms with E-state index in [2.05, 4.69) is 18.8 Å². The molecular weight excluding hydrogens is 258 g/mol. The molecule has 0 unspecified atom stereocenters. The molecule has 0 radical (unpaired) electrons. The van der Waals surface area contributed by atoms with E-state index in [9.17, 15) is 4.79 Å². The highest BCUT2D eigenvalue weighted by Gasteiger charge is 2.28. The van der Waals surface area contributed by atoms with Crippen molar-refractivity contribution >= 4 is 12.2 Å². The van der Waals surface area contributed by atoms with Crippen LogP contribution in [0, 0.1) is 11.3 Å². The zero-order valence-electron chi connectivity index (χ0n) is 13.2. The maximum atomic E-state index is 11.7. The molecule has 0 spiro atoms. The number of ether oxygens (including phenoxy) is 3. The summed E-state index contributed by atoms with van der Waals surface area (Å²) < 4.78 is 16.0. The number of carbonyl (C=O) groups is 1. The third-order valence-corrected chi connectivity index (χ3v) is 3.51. The number of rotatable bonds is 6. The summed E-state index contributed by atoms with van der Waals surface area (Å²) in [6.45, 7) is 9.59. The van der Waals surface area contributed by atoms with Crippen LogP contribution in [0.3, 0.4) is 0 Å². The molecule has 1 rings (SSSR count). The Labute approximate surface area is 121 Å². The Bertz CT molecular complexity index is 331. The molecule has 0 aliphatic carbocycles. The van der Waals surface area contributed by atoms with Gasteiger partial charge in [0, 0.05) is 18.1 Å². The Morgan fingerprint density at radius 3 is 2.55 bits per heavy atom. The van der Waals surface area contributed by atoms with Crippen molar-refractivity contribution in [2.45, 2.75) is 52.9 Å². The van der Waals surface area contributed by atoms with Gasteiger partial charge in [-0.05, 0) is 5.92 Å². The van der Waals surface area contributed by atoms with E-state index >= 15 is 0 Å². The molecule has 1 fully saturated rings. The summed E-state index contributed by atoms with van der Waals surface area (Å²) in [6.07, 6.45) is 2.89. The summed E-state index contributed by atoms with van der Waals surface area (Å²) in [4.78, 5) is 16.0. The molecule has 1 aliphatic rings. The zero-order valence-corrected chi connectivity index (χ0v) is 13.2. The smallest absolute Gasteiger partial charge is 0.330 e. The van der Waals surface area contributed by atoms with Gasteiger partial charge in [0.25, 0.3) is 0 Å². The average molecular weight is 285 g/mol. The molecule has 0 aromatic rings. The molecular formula is C15H27NO4. The van der Waals surface area contributed by atoms with Gasteiger partial charge in [-0.3, -0.25) is 4.99 Å². The third-order valence-electron chi connectivity index (χ3n) is 3.51. The highest BCUT2D eigenvalue weighted by molar-refractivity contribution is 5.78. The lowest BCUT2D eigenvalue weighted by Gasteiger charge is -2.34. The van der Waals surface area contributed by atoms with E-state index in [0.29, 0.717) is 19.6 Å². The summed E-state index contributed by atoms with van der Waals surface area (Å²) >= 11 is 0. The van der Waals surface area contributed by atoms with Crippen LogP contribution in [0.25, 0.3) is 0 Å². The molecule has 0 N–H and O–H groups in total. The second-order valence-electron chi connectivity index (χ2n) is 6.14. The van der Waals surface area contributed by atoms with Gasteiger partial charge in [0.1, 0.15) is 6.04 Å². The molecule has 0 saturated carbocycles. The third kappa shape index (κ3) is 5.21. The number of aliphatic imine (C=N–C) groups is 1. The van der Waals surface area contributed by atoms with Gasteiger partial charge in [0.2, 0.25) is 0 Å². The van der Waals surface area contributed by atoms with Gasteiger partial charge in [0.05, 0.1) is 20.3 Å². The summed E-state index contributed by atoms with van der Waals surface area (Å²) in [7, 11) is 1.39. The van der Waals surface area contributed by atoms with Crippen molar-refractivity contribution in [1.29, 1.82) is 0 Å². The van der Waals surface area contributed by atoms with Gasteiger partial charge >= 0.3 is 5.97 Å². The maximum absolute atomic E-state index is 11.7. The first-order valence-electron chi connectivity index (χ1n) is 7.22. The van der Waals surface area contributed by atoms with Gasteiger partial charge in [-0.15, -0.1) is 0 Å². The standard InChI is InChI=1S/C15H27NO4/c1-6-11(2)13(14(17)18-5)16-8-7-12-19-9-15(3,4)10-20-12/h8,11-13H,6-7,9-10H2,1-5H3/t11-,13-/m0/s1. The SMILES string of the molecule is CC[C@H](C)[C@H](N=CCC1OCC(C)(C)CO1)C(=O)OC. The number of esters is 1. The van der Waals surface area contributed by atoms with Gasteiger partial charge < -0.3 is 14.2 Å². The van der Waals surface area contributed by atoms with Gasteiger partial charge in [0.15, 0.2) is 6.29 Å². The first-order chi connectivity index (χ1) is 9.39. The van der Waals surface area contributed by atoms with Gasteiger partial charge in [-0.25, -0.2) is 4.79 Å². The molecule has 2 atom stereocenters. The number of methoxy groups -OCH3 is 1. The highest BCUT2D eigenvalue weighted by atomic mass is 16.7. The molecule has 1 heterocycles. The molecule has 116 valence electrons. The molecule has 5 heteroatoms. The largest absolute Gasteiger partial charge is 0.467 e. The average Bonchev–Trinajstić information content (AvgIpc) is 2.43. The highest BCUT2D eigenvalue weighted by Crippen LogP contribution is 2.23. The zero-order chi connectivity index (χ0) is 15.2. The molecule has 0 bridgehead atoms. The normalized spacial score (nSPS) is 22.6. The summed E-state index contributed by atoms with van der Waals surface area (Å²) in [5.74, 6) is -0.131. The Hall–Kier alpha value is -0.940. The number of hydrogen-bond donors (Lipinski definition) is 0. The lowest BCUT2D eigenvalue weighted by molar-refractivity contribution is -0.217. The van der Waals surface area contributed by atoms with Crippen LogP contribution in [0.2, 0.25) is 0 Å². The Morgan fingerprint density at radius 2 is 2.05 bits per heavy atom. The maximum Gasteiger partial charge on any atom is 0.330 e. The minimum absolute atomic E-state index is 0.0684. The lowest BCUT2D eigenvalue weighted by atomic mass is 9.95. The van der Waals surface area contributed by atoms with Crippen LogP contribution < -0.4 is 0 Å². The first-order valence-corrected chi connectivity index (χ1v) is 7.22. The molecule has 5 nitrogen and oxygen atoms in total. The first kappa shape index (κ1) is 17.1. The number of hydrogen-bond acceptors (Lipinski definition) is 5. The molecule has 1 saturated heterocycles. The minimum Gasteiger partial charge on any atom is -0.467 e. The predicted molar refractivity (Wildman–Crippen MR) is 77.8 cm³/mol. The van der Waals surface area contributed by atoms with E-state index in [-0.39, 0.29) is 23.6 Å². The van der Waals surface area contributed by atoms with Gasteiger partial charge in [-0.2, -0.15) is 0 Å². The van der Waals surface area contributed by atoms with Gasteiger partial charge in [-0.1, -0.05) is 34.1 Å². The van der Waals surface area contributed by atoms with Crippen LogP contribution in [0.4, 0.5) is 0 Å². The fraction of sp³-hybridized carbons (Fsp3) is 0.867. The van der Waals surface area contributed by atoms with E-state index < -0.39 is 6.04 Å². The van der Waals surface area contributed by atoms with Crippen LogP contribution in [0.5, 0.6) is 0 Å². The number of nitrogens with zero attached hydrogens (tertiary/aromatic N) is 1. The van der Waals surface area contributed by atoms with Crippen molar-refractivity contribution in [3.8, 4) is 0 Å². The van der Waals surface area contributed by atoms with Crippen LogP contribution in [0.15, 0.2) is 4.99 Å². The van der Waals surface area contributed by atoms with Crippen molar-refractivity contribution in [3.05, 3.63) is 0 Å². The second kappa shape index (κ2) is 7.74. The van der Waals surface area contributed by atoms with E-state index in [1.807, 2.05) is 13.8 Å². The van der Waals surface area contributed by atoms with Crippen LogP contribution in [-0.4, -0.2) is 44.8 Å². The monoisotopic (exact) mass is 285 g/mol. The van der Waals surface area contributed by atoms with Crippen molar-refractivity contribution in [3.63, 3.8) is 0 Å². The van der Waals surface area contributed by atoms with Crippen LogP contribution >= 0.6 is 0 Å². The fourth-order valence-electron chi connectivity index (χ4n) is 1.91. The van der Waals surface area contributed by atoms with Crippen molar-refractivity contribution in [2.75, 3.05) is 20.3 Å². The Morgan fingerprint density at radius 1 is 1.45 bits per heavy atom. The Kier molecular flexibility index (Phi) is 6.62. The van der Waals surface area contributed by atoms with E-state index in [4.69, 9.17) is 14.2 Å².